The summed E-state index contributed by atoms with van der Waals surface area (Å²) in [6.07, 6.45) is 3.91. The molecule has 0 bridgehead atoms. The van der Waals surface area contributed by atoms with E-state index < -0.39 is 0 Å². The van der Waals surface area contributed by atoms with Crippen molar-refractivity contribution < 1.29 is 0 Å². The van der Waals surface area contributed by atoms with Crippen molar-refractivity contribution in [3.05, 3.63) is 116 Å². The Morgan fingerprint density at radius 1 is 0.590 bits per heavy atom. The molecule has 3 aliphatic rings. The molecule has 10 rings (SSSR count). The van der Waals surface area contributed by atoms with Crippen LogP contribution in [0.15, 0.2) is 116 Å². The molecule has 0 N–H and O–H groups in total. The minimum Gasteiger partial charge on any atom is -0.355 e. The highest BCUT2D eigenvalue weighted by Crippen LogP contribution is 2.60. The first kappa shape index (κ1) is 19.8. The van der Waals surface area contributed by atoms with E-state index in [9.17, 15) is 0 Å². The number of benzene rings is 4. The van der Waals surface area contributed by atoms with Gasteiger partial charge in [0.25, 0.3) is 0 Å². The molecular weight excluding hydrogens is 479 g/mol. The van der Waals surface area contributed by atoms with E-state index in [1.165, 1.54) is 33.7 Å². The van der Waals surface area contributed by atoms with Crippen molar-refractivity contribution in [2.24, 2.45) is 0 Å². The van der Waals surface area contributed by atoms with Gasteiger partial charge in [0.05, 0.1) is 33.6 Å². The summed E-state index contributed by atoms with van der Waals surface area (Å²) >= 11 is 0. The first-order chi connectivity index (χ1) is 19.4. The smallest absolute Gasteiger partial charge is 0.355 e. The fourth-order valence-corrected chi connectivity index (χ4v) is 7.04. The van der Waals surface area contributed by atoms with Crippen LogP contribution >= 0.6 is 0 Å². The second-order valence-electron chi connectivity index (χ2n) is 10.3. The van der Waals surface area contributed by atoms with Crippen LogP contribution in [0.2, 0.25) is 0 Å². The van der Waals surface area contributed by atoms with Crippen LogP contribution in [0, 0.1) is 0 Å². The van der Waals surface area contributed by atoms with Crippen LogP contribution in [0.25, 0.3) is 44.4 Å². The highest BCUT2D eigenvalue weighted by molar-refractivity contribution is 6.85. The van der Waals surface area contributed by atoms with Gasteiger partial charge in [-0.25, -0.2) is 4.98 Å². The van der Waals surface area contributed by atoms with Gasteiger partial charge in [-0.3, -0.25) is 14.1 Å². The van der Waals surface area contributed by atoms with Gasteiger partial charge in [-0.1, -0.05) is 54.6 Å². The van der Waals surface area contributed by atoms with E-state index >= 15 is 0 Å². The van der Waals surface area contributed by atoms with E-state index in [0.29, 0.717) is 0 Å². The van der Waals surface area contributed by atoms with Gasteiger partial charge >= 0.3 is 6.98 Å². The highest BCUT2D eigenvalue weighted by Gasteiger charge is 2.54. The minimum atomic E-state index is -0.147. The highest BCUT2D eigenvalue weighted by atomic mass is 15.4. The van der Waals surface area contributed by atoms with Gasteiger partial charge in [-0.2, -0.15) is 0 Å². The normalized spacial score (nSPS) is 14.0. The number of hydrogen-bond acceptors (Lipinski definition) is 4. The summed E-state index contributed by atoms with van der Waals surface area (Å²) in [7, 11) is 0. The molecule has 0 atom stereocenters. The van der Waals surface area contributed by atoms with Crippen LogP contribution in [0.1, 0.15) is 0 Å². The van der Waals surface area contributed by atoms with E-state index in [1.54, 1.807) is 0 Å². The molecular formula is C32H19BN6. The van der Waals surface area contributed by atoms with Crippen LogP contribution in [-0.2, 0) is 0 Å². The number of para-hydroxylation sites is 5. The molecule has 6 nitrogen and oxygen atoms in total. The number of rotatable bonds is 1. The fraction of sp³-hybridized carbons (Fsp3) is 0. The van der Waals surface area contributed by atoms with Gasteiger partial charge in [-0.15, -0.1) is 0 Å². The lowest BCUT2D eigenvalue weighted by Crippen LogP contribution is -2.59. The van der Waals surface area contributed by atoms with Crippen LogP contribution in [0.4, 0.5) is 22.9 Å². The molecule has 7 heteroatoms. The number of fused-ring (bicyclic) bond motifs is 13. The maximum Gasteiger partial charge on any atom is 0.460 e. The molecule has 0 radical (unpaired) electrons. The number of aromatic nitrogens is 4. The third-order valence-corrected chi connectivity index (χ3v) is 8.46. The van der Waals surface area contributed by atoms with Crippen molar-refractivity contribution in [3.63, 3.8) is 0 Å². The molecule has 0 amide bonds. The van der Waals surface area contributed by atoms with Gasteiger partial charge in [0, 0.05) is 34.7 Å². The first-order valence-corrected chi connectivity index (χ1v) is 13.2. The summed E-state index contributed by atoms with van der Waals surface area (Å²) in [5.41, 5.74) is 12.5. The molecule has 0 spiro atoms. The summed E-state index contributed by atoms with van der Waals surface area (Å²) in [5, 5.41) is 1.26. The van der Waals surface area contributed by atoms with Crippen LogP contribution in [-0.4, -0.2) is 26.1 Å². The molecule has 0 unspecified atom stereocenters. The summed E-state index contributed by atoms with van der Waals surface area (Å²) < 4.78 is 4.78. The second kappa shape index (κ2) is 6.77. The van der Waals surface area contributed by atoms with E-state index in [1.807, 2.05) is 12.4 Å². The lowest BCUT2D eigenvalue weighted by molar-refractivity contribution is 1.06. The van der Waals surface area contributed by atoms with Crippen LogP contribution in [0.5, 0.6) is 0 Å². The van der Waals surface area contributed by atoms with E-state index in [2.05, 4.69) is 127 Å². The Bertz CT molecular complexity index is 2160. The molecule has 0 saturated carbocycles. The standard InChI is InChI=1S/C32H19BN6/c1-2-9-20(10-3-1)36-28-16-8-11-21-22-19-34-18-17-24(22)38-30(29(21)28)31(36)39-27-15-7-6-14-26(27)37-25-13-5-4-12-23(25)35-32(37)33(38)39/h1-19H. The van der Waals surface area contributed by atoms with E-state index in [0.717, 1.165) is 39.4 Å². The Morgan fingerprint density at radius 3 is 2.31 bits per heavy atom. The largest absolute Gasteiger partial charge is 0.460 e. The van der Waals surface area contributed by atoms with Crippen molar-refractivity contribution in [2.45, 2.75) is 0 Å². The number of hydrogen-bond donors (Lipinski definition) is 0. The van der Waals surface area contributed by atoms with Gasteiger partial charge in [0.2, 0.25) is 0 Å². The van der Waals surface area contributed by atoms with Crippen molar-refractivity contribution in [1.82, 2.24) is 19.1 Å². The molecule has 0 fully saturated rings. The second-order valence-corrected chi connectivity index (χ2v) is 10.3. The number of anilines is 4. The van der Waals surface area contributed by atoms with E-state index in [4.69, 9.17) is 4.98 Å². The summed E-state index contributed by atoms with van der Waals surface area (Å²) in [4.78, 5) is 14.8. The van der Waals surface area contributed by atoms with Crippen LogP contribution < -0.4 is 15.3 Å². The SMILES string of the molecule is c1ccc(-n2c3c4c5c(cccc52)-c2cnccc2N4B2c4nc5ccccc5n4-c4ccccc4N23)cc1. The van der Waals surface area contributed by atoms with Crippen LogP contribution in [0.3, 0.4) is 0 Å². The average Bonchev–Trinajstić information content (AvgIpc) is 3.66. The molecule has 7 aromatic rings. The topological polar surface area (TPSA) is 42.1 Å². The average molecular weight is 498 g/mol. The lowest BCUT2D eigenvalue weighted by Gasteiger charge is -2.37. The summed E-state index contributed by atoms with van der Waals surface area (Å²) in [6.45, 7) is -0.147. The zero-order chi connectivity index (χ0) is 25.2. The van der Waals surface area contributed by atoms with Crippen molar-refractivity contribution in [1.29, 1.82) is 0 Å². The molecule has 39 heavy (non-hydrogen) atoms. The quantitative estimate of drug-likeness (QED) is 0.248. The third-order valence-electron chi connectivity index (χ3n) is 8.46. The summed E-state index contributed by atoms with van der Waals surface area (Å²) in [5.74, 6) is 1.17. The maximum atomic E-state index is 5.29. The Kier molecular flexibility index (Phi) is 3.43. The predicted molar refractivity (Wildman–Crippen MR) is 157 cm³/mol. The van der Waals surface area contributed by atoms with E-state index in [-0.39, 0.29) is 6.98 Å². The molecule has 3 aliphatic heterocycles. The van der Waals surface area contributed by atoms with Crippen molar-refractivity contribution in [2.75, 3.05) is 9.62 Å². The minimum absolute atomic E-state index is 0.147. The third kappa shape index (κ3) is 2.23. The number of pyridine rings is 1. The Morgan fingerprint density at radius 2 is 1.38 bits per heavy atom. The molecule has 180 valence electrons. The monoisotopic (exact) mass is 498 g/mol. The zero-order valence-corrected chi connectivity index (χ0v) is 20.7. The van der Waals surface area contributed by atoms with Gasteiger partial charge < -0.3 is 9.62 Å². The molecule has 6 heterocycles. The van der Waals surface area contributed by atoms with Gasteiger partial charge in [-0.05, 0) is 54.1 Å². The fourth-order valence-electron chi connectivity index (χ4n) is 7.04. The molecule has 0 saturated heterocycles. The molecule has 3 aromatic heterocycles. The first-order valence-electron chi connectivity index (χ1n) is 13.2. The number of imidazole rings is 1. The van der Waals surface area contributed by atoms with Crippen molar-refractivity contribution in [3.8, 4) is 22.5 Å². The Labute approximate surface area is 224 Å². The van der Waals surface area contributed by atoms with Crippen molar-refractivity contribution >= 4 is 57.5 Å². The lowest BCUT2D eigenvalue weighted by atomic mass is 9.68. The van der Waals surface area contributed by atoms with Gasteiger partial charge in [0.1, 0.15) is 11.5 Å². The predicted octanol–water partition coefficient (Wildman–Crippen LogP) is 6.34. The molecule has 0 aliphatic carbocycles. The zero-order valence-electron chi connectivity index (χ0n) is 20.7. The Balaban J connectivity index is 1.42. The Hall–Kier alpha value is -5.30. The maximum absolute atomic E-state index is 5.29. The molecule has 4 aromatic carbocycles. The summed E-state index contributed by atoms with van der Waals surface area (Å²) in [6, 6.07) is 36.7. The van der Waals surface area contributed by atoms with Gasteiger partial charge in [0.15, 0.2) is 0 Å². The number of nitrogens with zero attached hydrogens (tertiary/aromatic N) is 6.